The number of benzene rings is 4. The Labute approximate surface area is 297 Å². The van der Waals surface area contributed by atoms with E-state index in [-0.39, 0.29) is 11.3 Å². The van der Waals surface area contributed by atoms with E-state index in [1.165, 1.54) is 21.3 Å². The first-order chi connectivity index (χ1) is 25.3. The molecule has 6 heterocycles. The van der Waals surface area contributed by atoms with Gasteiger partial charge >= 0.3 is 17.9 Å². The highest BCUT2D eigenvalue weighted by molar-refractivity contribution is 6.03. The molecule has 6 aliphatic heterocycles. The lowest BCUT2D eigenvalue weighted by molar-refractivity contribution is -0.384. The molecule has 4 aromatic carbocycles. The van der Waals surface area contributed by atoms with E-state index < -0.39 is 64.9 Å². The number of epoxide rings is 1. The van der Waals surface area contributed by atoms with Gasteiger partial charge in [-0.2, -0.15) is 0 Å². The van der Waals surface area contributed by atoms with Crippen LogP contribution in [-0.2, 0) is 81.9 Å². The smallest absolute Gasteiger partial charge is 0.338 e. The highest BCUT2D eigenvalue weighted by atomic mass is 16.9. The van der Waals surface area contributed by atoms with Crippen molar-refractivity contribution in [2.45, 2.75) is 59.0 Å². The molecular weight excluding hydrogens is 672 g/mol. The van der Waals surface area contributed by atoms with Crippen LogP contribution in [-0.4, -0.2) is 64.6 Å². The van der Waals surface area contributed by atoms with Crippen molar-refractivity contribution >= 4 is 11.8 Å². The van der Waals surface area contributed by atoms with Gasteiger partial charge < -0.3 is 47.4 Å². The Bertz CT molecular complexity index is 2260. The second kappa shape index (κ2) is 9.79. The number of esters is 1. The quantitative estimate of drug-likeness (QED) is 0.217. The number of Topliss-reactive ketones (excluding diaryl/α,β-unsaturated/α-hetero) is 1. The fourth-order valence-electron chi connectivity index (χ4n) is 10.1. The standard InChI is InChI=1S/C40H32O12/c1-43-31(42)22-14-6-7-15-23(22)36-33-37(25-17-9-11-19-27(25)38(44-2,49-33)34(36)48-36)32-35(26-18-10-12-20-28(26)40(46-4,50-32)52-37)30-29(41)21-13-5-8-16-24(21)39(45-3,47-30)51-35/h5-20,30,32-34H,1-4H3/t30-,32+,33+,34-,35+,36-,37-,38+,39+,40-/m0/s1. The van der Waals surface area contributed by atoms with Gasteiger partial charge in [-0.1, -0.05) is 91.0 Å². The minimum Gasteiger partial charge on any atom is -0.465 e. The fourth-order valence-corrected chi connectivity index (χ4v) is 10.1. The van der Waals surface area contributed by atoms with E-state index in [1.54, 1.807) is 43.5 Å². The predicted octanol–water partition coefficient (Wildman–Crippen LogP) is 4.32. The minimum atomic E-state index is -1.82. The Hall–Kier alpha value is -4.34. The van der Waals surface area contributed by atoms with E-state index >= 15 is 0 Å². The number of hydrogen-bond donors (Lipinski definition) is 0. The molecule has 264 valence electrons. The van der Waals surface area contributed by atoms with Gasteiger partial charge in [-0.05, 0) is 11.6 Å². The lowest BCUT2D eigenvalue weighted by Crippen LogP contribution is -2.65. The summed E-state index contributed by atoms with van der Waals surface area (Å²) in [5, 5.41) is 0. The van der Waals surface area contributed by atoms with Gasteiger partial charge in [0.15, 0.2) is 34.8 Å². The SMILES string of the molecule is COC(=O)c1ccccc1[C@@]12O[C@@H]1[C@]1(OC)O[C@H]2[C@]2(O[C@@]3(OC)O[C@@H]2[C@@]2(O[C@]4(OC)O[C@H]2C(=O)c2ccccc24)c2ccccc23)c2ccccc21. The average Bonchev–Trinajstić information content (AvgIpc) is 3.65. The molecule has 12 heteroatoms. The third-order valence-electron chi connectivity index (χ3n) is 12.1. The van der Waals surface area contributed by atoms with Crippen LogP contribution in [0.1, 0.15) is 54.1 Å². The molecule has 7 aliphatic rings. The van der Waals surface area contributed by atoms with Gasteiger partial charge in [0.1, 0.15) is 12.2 Å². The second-order valence-corrected chi connectivity index (χ2v) is 14.0. The van der Waals surface area contributed by atoms with Crippen molar-refractivity contribution in [3.8, 4) is 0 Å². The molecule has 2 spiro atoms. The molecule has 52 heavy (non-hydrogen) atoms. The molecule has 1 aliphatic carbocycles. The fraction of sp³-hybridized carbons (Fsp3) is 0.350. The summed E-state index contributed by atoms with van der Waals surface area (Å²) in [6.07, 6.45) is -4.32. The maximum atomic E-state index is 14.8. The molecular formula is C40H32O12. The first-order valence-corrected chi connectivity index (χ1v) is 17.1. The van der Waals surface area contributed by atoms with E-state index in [0.717, 1.165) is 0 Å². The summed E-state index contributed by atoms with van der Waals surface area (Å²) in [7, 11) is 5.86. The van der Waals surface area contributed by atoms with Crippen LogP contribution in [0, 0.1) is 0 Å². The maximum Gasteiger partial charge on any atom is 0.338 e. The van der Waals surface area contributed by atoms with E-state index in [2.05, 4.69) is 0 Å². The Morgan fingerprint density at radius 2 is 1.10 bits per heavy atom. The van der Waals surface area contributed by atoms with Gasteiger partial charge in [-0.25, -0.2) is 4.79 Å². The molecule has 4 fully saturated rings. The summed E-state index contributed by atoms with van der Waals surface area (Å²) in [6, 6.07) is 29.1. The number of carbonyl (C=O) groups excluding carboxylic acids is 2. The van der Waals surface area contributed by atoms with Crippen molar-refractivity contribution in [1.29, 1.82) is 0 Å². The molecule has 4 saturated heterocycles. The zero-order chi connectivity index (χ0) is 35.5. The van der Waals surface area contributed by atoms with Gasteiger partial charge in [0.2, 0.25) is 5.79 Å². The first kappa shape index (κ1) is 31.2. The maximum absolute atomic E-state index is 14.8. The number of carbonyl (C=O) groups is 2. The van der Waals surface area contributed by atoms with E-state index in [0.29, 0.717) is 38.9 Å². The average molecular weight is 705 g/mol. The number of rotatable bonds is 5. The minimum absolute atomic E-state index is 0.288. The molecule has 12 nitrogen and oxygen atoms in total. The van der Waals surface area contributed by atoms with E-state index in [1.807, 2.05) is 60.7 Å². The Kier molecular flexibility index (Phi) is 5.88. The molecule has 0 aromatic heterocycles. The zero-order valence-corrected chi connectivity index (χ0v) is 28.4. The molecule has 0 N–H and O–H groups in total. The summed E-state index contributed by atoms with van der Waals surface area (Å²) in [6.45, 7) is 0. The molecule has 0 amide bonds. The van der Waals surface area contributed by atoms with Crippen molar-refractivity contribution in [3.63, 3.8) is 0 Å². The second-order valence-electron chi connectivity index (χ2n) is 14.0. The normalized spacial score (nSPS) is 40.7. The van der Waals surface area contributed by atoms with Crippen molar-refractivity contribution in [1.82, 2.24) is 0 Å². The van der Waals surface area contributed by atoms with Gasteiger partial charge in [-0.3, -0.25) is 4.79 Å². The van der Waals surface area contributed by atoms with Crippen molar-refractivity contribution < 1.29 is 57.0 Å². The van der Waals surface area contributed by atoms with Crippen LogP contribution >= 0.6 is 0 Å². The van der Waals surface area contributed by atoms with Crippen LogP contribution in [0.25, 0.3) is 0 Å². The Balaban J connectivity index is 1.24. The lowest BCUT2D eigenvalue weighted by Gasteiger charge is -2.51. The molecule has 6 bridgehead atoms. The van der Waals surface area contributed by atoms with Crippen molar-refractivity contribution in [3.05, 3.63) is 142 Å². The topological polar surface area (TPSA) is 130 Å². The first-order valence-electron chi connectivity index (χ1n) is 17.1. The van der Waals surface area contributed by atoms with E-state index in [4.69, 9.17) is 47.4 Å². The Morgan fingerprint density at radius 1 is 0.538 bits per heavy atom. The van der Waals surface area contributed by atoms with Crippen LogP contribution in [0.3, 0.4) is 0 Å². The third kappa shape index (κ3) is 3.13. The van der Waals surface area contributed by atoms with Crippen molar-refractivity contribution in [2.24, 2.45) is 0 Å². The highest BCUT2D eigenvalue weighted by Crippen LogP contribution is 2.77. The Morgan fingerprint density at radius 3 is 1.79 bits per heavy atom. The molecule has 0 radical (unpaired) electrons. The summed E-state index contributed by atoms with van der Waals surface area (Å²) in [4.78, 5) is 28.2. The number of hydrogen-bond acceptors (Lipinski definition) is 12. The number of fused-ring (bicyclic) bond motifs is 16. The largest absolute Gasteiger partial charge is 0.465 e. The number of methoxy groups -OCH3 is 4. The number of ether oxygens (including phenoxy) is 10. The summed E-state index contributed by atoms with van der Waals surface area (Å²) in [5.41, 5.74) is -0.800. The van der Waals surface area contributed by atoms with Gasteiger partial charge in [0, 0.05) is 49.1 Å². The van der Waals surface area contributed by atoms with Crippen LogP contribution in [0.4, 0.5) is 0 Å². The molecule has 10 atom stereocenters. The molecule has 4 aromatic rings. The number of ketones is 1. The zero-order valence-electron chi connectivity index (χ0n) is 28.4. The van der Waals surface area contributed by atoms with E-state index in [9.17, 15) is 9.59 Å². The van der Waals surface area contributed by atoms with Crippen LogP contribution < -0.4 is 0 Å². The van der Waals surface area contributed by atoms with Crippen LogP contribution in [0.5, 0.6) is 0 Å². The third-order valence-corrected chi connectivity index (χ3v) is 12.1. The summed E-state index contributed by atoms with van der Waals surface area (Å²) < 4.78 is 66.3. The molecule has 11 rings (SSSR count). The molecule has 0 saturated carbocycles. The van der Waals surface area contributed by atoms with Gasteiger partial charge in [0.25, 0.3) is 0 Å². The lowest BCUT2D eigenvalue weighted by atomic mass is 9.65. The monoisotopic (exact) mass is 704 g/mol. The molecule has 0 unspecified atom stereocenters. The summed E-state index contributed by atoms with van der Waals surface area (Å²) in [5.74, 6) is -5.90. The summed E-state index contributed by atoms with van der Waals surface area (Å²) >= 11 is 0. The predicted molar refractivity (Wildman–Crippen MR) is 174 cm³/mol. The highest BCUT2D eigenvalue weighted by Gasteiger charge is 2.92. The van der Waals surface area contributed by atoms with Crippen LogP contribution in [0.15, 0.2) is 97.1 Å². The van der Waals surface area contributed by atoms with Crippen LogP contribution in [0.2, 0.25) is 0 Å². The van der Waals surface area contributed by atoms with Gasteiger partial charge in [-0.15, -0.1) is 0 Å². The van der Waals surface area contributed by atoms with Gasteiger partial charge in [0.05, 0.1) is 18.2 Å². The van der Waals surface area contributed by atoms with Crippen molar-refractivity contribution in [2.75, 3.05) is 28.4 Å².